The summed E-state index contributed by atoms with van der Waals surface area (Å²) in [7, 11) is 0. The third-order valence-corrected chi connectivity index (χ3v) is 9.03. The van der Waals surface area contributed by atoms with Crippen molar-refractivity contribution in [3.05, 3.63) is 154 Å². The molecule has 0 spiro atoms. The number of rotatable bonds is 2. The average molecular weight is 473 g/mol. The molecule has 1 atom stereocenters. The zero-order valence-corrected chi connectivity index (χ0v) is 21.3. The van der Waals surface area contributed by atoms with Crippen LogP contribution in [0.15, 0.2) is 115 Å². The maximum atomic E-state index is 2.49. The summed E-state index contributed by atoms with van der Waals surface area (Å²) in [4.78, 5) is 0. The Hall–Kier alpha value is -4.16. The minimum Gasteiger partial charge on any atom is -0.0619 e. The standard InChI is InChI=1S/C37H28/c1-37(2)33-13-7-12-31-29-10-5-6-11-30(29)35(36(31)33)32-19-18-28(22-34(32)37)27-17-16-26(21-27)25-15-14-23-8-3-4-9-24(23)20-25/h3-20,22,35H,21H2,1-2H3. The third-order valence-electron chi connectivity index (χ3n) is 9.03. The SMILES string of the molecule is CC1(C)c2cc(C3=CC=C(c4ccc5ccccc5c4)C3)ccc2C2c3ccccc3-c3cccc1c32. The highest BCUT2D eigenvalue weighted by molar-refractivity contribution is 5.92. The van der Waals surface area contributed by atoms with Crippen molar-refractivity contribution in [2.75, 3.05) is 0 Å². The fourth-order valence-electron chi connectivity index (χ4n) is 7.13. The molecule has 37 heavy (non-hydrogen) atoms. The summed E-state index contributed by atoms with van der Waals surface area (Å²) in [6.45, 7) is 4.82. The normalized spacial score (nSPS) is 18.2. The fraction of sp³-hybridized carbons (Fsp3) is 0.135. The van der Waals surface area contributed by atoms with Crippen LogP contribution >= 0.6 is 0 Å². The van der Waals surface area contributed by atoms with Gasteiger partial charge in [-0.15, -0.1) is 0 Å². The molecule has 0 nitrogen and oxygen atoms in total. The molecule has 3 aliphatic rings. The van der Waals surface area contributed by atoms with Crippen molar-refractivity contribution < 1.29 is 0 Å². The van der Waals surface area contributed by atoms with Gasteiger partial charge in [-0.1, -0.05) is 123 Å². The second-order valence-corrected chi connectivity index (χ2v) is 11.3. The summed E-state index contributed by atoms with van der Waals surface area (Å²) in [5.74, 6) is 0.336. The average Bonchev–Trinajstić information content (AvgIpc) is 3.56. The molecule has 0 saturated carbocycles. The highest BCUT2D eigenvalue weighted by atomic mass is 14.5. The Morgan fingerprint density at radius 2 is 1.27 bits per heavy atom. The smallest absolute Gasteiger partial charge is 0.0358 e. The molecule has 0 aromatic heterocycles. The Kier molecular flexibility index (Phi) is 4.21. The van der Waals surface area contributed by atoms with Crippen LogP contribution in [-0.4, -0.2) is 0 Å². The zero-order valence-electron chi connectivity index (χ0n) is 21.3. The molecule has 0 fully saturated rings. The largest absolute Gasteiger partial charge is 0.0619 e. The van der Waals surface area contributed by atoms with Crippen molar-refractivity contribution in [3.8, 4) is 11.1 Å². The number of hydrogen-bond acceptors (Lipinski definition) is 0. The third kappa shape index (κ3) is 2.90. The van der Waals surface area contributed by atoms with Crippen molar-refractivity contribution in [1.29, 1.82) is 0 Å². The number of benzene rings is 5. The van der Waals surface area contributed by atoms with Gasteiger partial charge in [-0.3, -0.25) is 0 Å². The molecule has 0 bridgehead atoms. The topological polar surface area (TPSA) is 0 Å². The van der Waals surface area contributed by atoms with Gasteiger partial charge in [-0.05, 0) is 84.5 Å². The molecule has 0 N–H and O–H groups in total. The second kappa shape index (κ2) is 7.43. The van der Waals surface area contributed by atoms with Gasteiger partial charge in [-0.2, -0.15) is 0 Å². The van der Waals surface area contributed by atoms with E-state index in [0.29, 0.717) is 5.92 Å². The van der Waals surface area contributed by atoms with E-state index in [0.717, 1.165) is 6.42 Å². The van der Waals surface area contributed by atoms with Crippen LogP contribution in [0.3, 0.4) is 0 Å². The molecule has 0 heterocycles. The van der Waals surface area contributed by atoms with Gasteiger partial charge in [0.1, 0.15) is 0 Å². The van der Waals surface area contributed by atoms with E-state index in [4.69, 9.17) is 0 Å². The number of hydrogen-bond donors (Lipinski definition) is 0. The Bertz CT molecular complexity index is 1830. The molecule has 0 aliphatic heterocycles. The van der Waals surface area contributed by atoms with Gasteiger partial charge >= 0.3 is 0 Å². The van der Waals surface area contributed by atoms with Crippen LogP contribution in [-0.2, 0) is 5.41 Å². The van der Waals surface area contributed by atoms with E-state index in [-0.39, 0.29) is 5.41 Å². The first-order valence-corrected chi connectivity index (χ1v) is 13.4. The Morgan fingerprint density at radius 3 is 2.14 bits per heavy atom. The van der Waals surface area contributed by atoms with E-state index in [9.17, 15) is 0 Å². The van der Waals surface area contributed by atoms with Gasteiger partial charge in [0.05, 0.1) is 0 Å². The first kappa shape index (κ1) is 21.0. The van der Waals surface area contributed by atoms with Crippen LogP contribution < -0.4 is 0 Å². The highest BCUT2D eigenvalue weighted by Crippen LogP contribution is 2.57. The van der Waals surface area contributed by atoms with Crippen molar-refractivity contribution in [3.63, 3.8) is 0 Å². The predicted octanol–water partition coefficient (Wildman–Crippen LogP) is 9.51. The van der Waals surface area contributed by atoms with Crippen molar-refractivity contribution in [2.24, 2.45) is 0 Å². The minimum absolute atomic E-state index is 0.0387. The predicted molar refractivity (Wildman–Crippen MR) is 156 cm³/mol. The lowest BCUT2D eigenvalue weighted by molar-refractivity contribution is 0.601. The van der Waals surface area contributed by atoms with Gasteiger partial charge in [0.2, 0.25) is 0 Å². The first-order chi connectivity index (χ1) is 18.1. The Labute approximate surface area is 218 Å². The highest BCUT2D eigenvalue weighted by Gasteiger charge is 2.43. The van der Waals surface area contributed by atoms with E-state index >= 15 is 0 Å². The van der Waals surface area contributed by atoms with Crippen molar-refractivity contribution in [1.82, 2.24) is 0 Å². The lowest BCUT2D eigenvalue weighted by atomic mass is 9.64. The van der Waals surface area contributed by atoms with Crippen molar-refractivity contribution in [2.45, 2.75) is 31.6 Å². The molecule has 176 valence electrons. The molecule has 1 unspecified atom stereocenters. The summed E-state index contributed by atoms with van der Waals surface area (Å²) < 4.78 is 0. The van der Waals surface area contributed by atoms with Crippen LogP contribution in [0.4, 0.5) is 0 Å². The Balaban J connectivity index is 1.19. The monoisotopic (exact) mass is 472 g/mol. The summed E-state index contributed by atoms with van der Waals surface area (Å²) >= 11 is 0. The molecule has 0 saturated heterocycles. The second-order valence-electron chi connectivity index (χ2n) is 11.3. The lowest BCUT2D eigenvalue weighted by Crippen LogP contribution is -2.29. The van der Waals surface area contributed by atoms with E-state index in [1.807, 2.05) is 0 Å². The molecule has 5 aromatic rings. The van der Waals surface area contributed by atoms with Gasteiger partial charge in [-0.25, -0.2) is 0 Å². The van der Waals surface area contributed by atoms with E-state index < -0.39 is 0 Å². The molecule has 0 amide bonds. The minimum atomic E-state index is -0.0387. The van der Waals surface area contributed by atoms with Gasteiger partial charge in [0.15, 0.2) is 0 Å². The van der Waals surface area contributed by atoms with Gasteiger partial charge in [0.25, 0.3) is 0 Å². The summed E-state index contributed by atoms with van der Waals surface area (Å²) in [6, 6.07) is 38.7. The van der Waals surface area contributed by atoms with Crippen LogP contribution in [0.25, 0.3) is 33.0 Å². The van der Waals surface area contributed by atoms with Crippen LogP contribution in [0.1, 0.15) is 65.1 Å². The molecule has 0 heteroatoms. The summed E-state index contributed by atoms with van der Waals surface area (Å²) in [5.41, 5.74) is 15.7. The van der Waals surface area contributed by atoms with Crippen molar-refractivity contribution >= 4 is 21.9 Å². The molecule has 0 radical (unpaired) electrons. The molecular formula is C37H28. The maximum Gasteiger partial charge on any atom is 0.0358 e. The fourth-order valence-corrected chi connectivity index (χ4v) is 7.13. The van der Waals surface area contributed by atoms with Crippen LogP contribution in [0.2, 0.25) is 0 Å². The van der Waals surface area contributed by atoms with Crippen LogP contribution in [0, 0.1) is 0 Å². The Morgan fingerprint density at radius 1 is 0.568 bits per heavy atom. The molecule has 5 aromatic carbocycles. The summed E-state index contributed by atoms with van der Waals surface area (Å²) in [6.07, 6.45) is 5.63. The molecule has 3 aliphatic carbocycles. The number of fused-ring (bicyclic) bond motifs is 6. The van der Waals surface area contributed by atoms with E-state index in [2.05, 4.69) is 129 Å². The molecular weight excluding hydrogens is 444 g/mol. The summed E-state index contributed by atoms with van der Waals surface area (Å²) in [5, 5.41) is 2.60. The zero-order chi connectivity index (χ0) is 24.7. The van der Waals surface area contributed by atoms with E-state index in [1.165, 1.54) is 72.0 Å². The van der Waals surface area contributed by atoms with Gasteiger partial charge < -0.3 is 0 Å². The van der Waals surface area contributed by atoms with Crippen LogP contribution in [0.5, 0.6) is 0 Å². The van der Waals surface area contributed by atoms with Gasteiger partial charge in [0, 0.05) is 11.3 Å². The number of allylic oxidation sites excluding steroid dienone is 4. The lowest BCUT2D eigenvalue weighted by Gasteiger charge is -2.39. The molecule has 8 rings (SSSR count). The van der Waals surface area contributed by atoms with E-state index in [1.54, 1.807) is 0 Å². The quantitative estimate of drug-likeness (QED) is 0.235. The maximum absolute atomic E-state index is 2.49. The first-order valence-electron chi connectivity index (χ1n) is 13.4.